The van der Waals surface area contributed by atoms with E-state index in [0.29, 0.717) is 6.04 Å². The maximum Gasteiger partial charge on any atom is 0.139 e. The summed E-state index contributed by atoms with van der Waals surface area (Å²) in [5.41, 5.74) is 4.16. The summed E-state index contributed by atoms with van der Waals surface area (Å²) in [7, 11) is 0. The van der Waals surface area contributed by atoms with Crippen molar-refractivity contribution in [1.82, 2.24) is 15.5 Å². The molecule has 1 saturated heterocycles. The first kappa shape index (κ1) is 15.3. The quantitative estimate of drug-likeness (QED) is 0.838. The summed E-state index contributed by atoms with van der Waals surface area (Å²) < 4.78 is 0. The average molecular weight is 300 g/mol. The van der Waals surface area contributed by atoms with Gasteiger partial charge in [0.25, 0.3) is 0 Å². The van der Waals surface area contributed by atoms with E-state index >= 15 is 0 Å². The van der Waals surface area contributed by atoms with Gasteiger partial charge in [-0.25, -0.2) is 4.99 Å². The van der Waals surface area contributed by atoms with Gasteiger partial charge in [-0.15, -0.1) is 0 Å². The predicted octanol–water partition coefficient (Wildman–Crippen LogP) is 2.77. The van der Waals surface area contributed by atoms with Gasteiger partial charge in [0.1, 0.15) is 5.84 Å². The molecule has 2 fully saturated rings. The van der Waals surface area contributed by atoms with E-state index in [2.05, 4.69) is 53.6 Å². The summed E-state index contributed by atoms with van der Waals surface area (Å²) in [5.74, 6) is 1.75. The van der Waals surface area contributed by atoms with Crippen molar-refractivity contribution in [2.75, 3.05) is 19.6 Å². The monoisotopic (exact) mass is 300 g/mol. The van der Waals surface area contributed by atoms with Crippen LogP contribution in [0, 0.1) is 5.92 Å². The first-order valence-corrected chi connectivity index (χ1v) is 8.60. The molecule has 0 bridgehead atoms. The highest BCUT2D eigenvalue weighted by molar-refractivity contribution is 6.06. The van der Waals surface area contributed by atoms with Crippen molar-refractivity contribution in [3.8, 4) is 0 Å². The zero-order valence-corrected chi connectivity index (χ0v) is 14.0. The summed E-state index contributed by atoms with van der Waals surface area (Å²) in [6.45, 7) is 9.88. The van der Waals surface area contributed by atoms with Crippen molar-refractivity contribution in [3.63, 3.8) is 0 Å². The van der Waals surface area contributed by atoms with E-state index in [1.807, 2.05) is 6.20 Å². The molecule has 0 aromatic heterocycles. The fraction of sp³-hybridized carbons (Fsp3) is 0.611. The van der Waals surface area contributed by atoms with Gasteiger partial charge in [0.2, 0.25) is 0 Å². The topological polar surface area (TPSA) is 39.7 Å². The lowest BCUT2D eigenvalue weighted by molar-refractivity contribution is 0.255. The van der Waals surface area contributed by atoms with Gasteiger partial charge in [0.05, 0.1) is 0 Å². The number of nitrogens with zero attached hydrogens (tertiary/aromatic N) is 2. The summed E-state index contributed by atoms with van der Waals surface area (Å²) in [4.78, 5) is 7.17. The average Bonchev–Trinajstić information content (AvgIpc) is 3.28. The second-order valence-corrected chi connectivity index (χ2v) is 6.55. The number of hydrogen-bond acceptors (Lipinski definition) is 4. The van der Waals surface area contributed by atoms with E-state index in [1.165, 1.54) is 29.7 Å². The molecule has 0 aromatic rings. The lowest BCUT2D eigenvalue weighted by Crippen LogP contribution is -2.48. The van der Waals surface area contributed by atoms with Gasteiger partial charge >= 0.3 is 0 Å². The minimum atomic E-state index is 0.549. The van der Waals surface area contributed by atoms with Crippen molar-refractivity contribution in [3.05, 3.63) is 35.3 Å². The van der Waals surface area contributed by atoms with Crippen LogP contribution in [0.1, 0.15) is 40.0 Å². The van der Waals surface area contributed by atoms with E-state index in [9.17, 15) is 0 Å². The maximum absolute atomic E-state index is 4.66. The van der Waals surface area contributed by atoms with Crippen LogP contribution in [0.15, 0.2) is 40.3 Å². The van der Waals surface area contributed by atoms with Crippen LogP contribution in [0.4, 0.5) is 0 Å². The van der Waals surface area contributed by atoms with Gasteiger partial charge in [0.15, 0.2) is 0 Å². The Morgan fingerprint density at radius 3 is 3.00 bits per heavy atom. The molecule has 22 heavy (non-hydrogen) atoms. The van der Waals surface area contributed by atoms with Crippen molar-refractivity contribution in [1.29, 1.82) is 0 Å². The molecule has 120 valence electrons. The molecule has 1 aliphatic carbocycles. The first-order chi connectivity index (χ1) is 10.7. The molecule has 0 aromatic carbocycles. The highest BCUT2D eigenvalue weighted by Crippen LogP contribution is 2.43. The SMILES string of the molecule is CC/C=C/NC1=NC=C(C2CC2)/C1=C(/C)N1CCNC(C)C1. The standard InChI is InChI=1S/C18H28N4/c1-4-5-8-20-18-17(16(11-21-18)15-6-7-15)14(3)22-10-9-19-13(2)12-22/h5,8,11,13,15,19H,4,6-7,9-10,12H2,1-3H3,(H,20,21)/b8-5+,17-14+. The maximum atomic E-state index is 4.66. The van der Waals surface area contributed by atoms with Crippen LogP contribution in [0.3, 0.4) is 0 Å². The molecule has 3 rings (SSSR count). The van der Waals surface area contributed by atoms with E-state index in [1.54, 1.807) is 0 Å². The zero-order valence-electron chi connectivity index (χ0n) is 14.0. The summed E-state index contributed by atoms with van der Waals surface area (Å²) in [5, 5.41) is 6.91. The van der Waals surface area contributed by atoms with Crippen LogP contribution < -0.4 is 10.6 Å². The number of rotatable bonds is 4. The third-order valence-corrected chi connectivity index (χ3v) is 4.65. The predicted molar refractivity (Wildman–Crippen MR) is 92.5 cm³/mol. The number of amidine groups is 1. The molecule has 0 spiro atoms. The number of piperazine rings is 1. The Morgan fingerprint density at radius 2 is 2.32 bits per heavy atom. The lowest BCUT2D eigenvalue weighted by atomic mass is 10.00. The molecule has 2 N–H and O–H groups in total. The van der Waals surface area contributed by atoms with E-state index in [4.69, 9.17) is 0 Å². The molecule has 0 amide bonds. The fourth-order valence-corrected chi connectivity index (χ4v) is 3.24. The summed E-state index contributed by atoms with van der Waals surface area (Å²) >= 11 is 0. The molecule has 4 heteroatoms. The molecule has 1 saturated carbocycles. The van der Waals surface area contributed by atoms with Crippen molar-refractivity contribution < 1.29 is 0 Å². The van der Waals surface area contributed by atoms with Crippen molar-refractivity contribution in [2.24, 2.45) is 10.9 Å². The number of aliphatic imine (C=N–C) groups is 1. The fourth-order valence-electron chi connectivity index (χ4n) is 3.24. The molecule has 2 aliphatic heterocycles. The van der Waals surface area contributed by atoms with Crippen molar-refractivity contribution in [2.45, 2.75) is 46.1 Å². The molecule has 2 heterocycles. The third-order valence-electron chi connectivity index (χ3n) is 4.65. The Morgan fingerprint density at radius 1 is 1.50 bits per heavy atom. The molecule has 1 atom stereocenters. The zero-order chi connectivity index (χ0) is 15.5. The summed E-state index contributed by atoms with van der Waals surface area (Å²) in [6, 6.07) is 0.549. The largest absolute Gasteiger partial charge is 0.372 e. The molecular weight excluding hydrogens is 272 g/mol. The normalized spacial score (nSPS) is 28.0. The van der Waals surface area contributed by atoms with Crippen LogP contribution in [0.5, 0.6) is 0 Å². The van der Waals surface area contributed by atoms with Crippen LogP contribution in [-0.2, 0) is 0 Å². The van der Waals surface area contributed by atoms with Crippen LogP contribution in [0.25, 0.3) is 0 Å². The summed E-state index contributed by atoms with van der Waals surface area (Å²) in [6.07, 6.45) is 9.91. The first-order valence-electron chi connectivity index (χ1n) is 8.60. The number of nitrogens with one attached hydrogen (secondary N) is 2. The van der Waals surface area contributed by atoms with Gasteiger partial charge in [-0.1, -0.05) is 13.0 Å². The Labute approximate surface area is 134 Å². The second-order valence-electron chi connectivity index (χ2n) is 6.55. The number of hydrogen-bond donors (Lipinski definition) is 2. The Kier molecular flexibility index (Phi) is 4.67. The Hall–Kier alpha value is -1.55. The number of allylic oxidation sites excluding steroid dienone is 2. The molecule has 3 aliphatic rings. The van der Waals surface area contributed by atoms with Gasteiger partial charge in [0, 0.05) is 43.1 Å². The third kappa shape index (κ3) is 3.27. The smallest absolute Gasteiger partial charge is 0.139 e. The van der Waals surface area contributed by atoms with E-state index in [0.717, 1.165) is 37.8 Å². The van der Waals surface area contributed by atoms with Crippen LogP contribution >= 0.6 is 0 Å². The van der Waals surface area contributed by atoms with Crippen LogP contribution in [0.2, 0.25) is 0 Å². The van der Waals surface area contributed by atoms with Crippen molar-refractivity contribution >= 4 is 5.84 Å². The molecule has 1 unspecified atom stereocenters. The highest BCUT2D eigenvalue weighted by Gasteiger charge is 2.34. The minimum Gasteiger partial charge on any atom is -0.372 e. The second kappa shape index (κ2) is 6.69. The minimum absolute atomic E-state index is 0.549. The van der Waals surface area contributed by atoms with Gasteiger partial charge < -0.3 is 15.5 Å². The lowest BCUT2D eigenvalue weighted by Gasteiger charge is -2.35. The van der Waals surface area contributed by atoms with Crippen LogP contribution in [-0.4, -0.2) is 36.4 Å². The Balaban J connectivity index is 1.83. The molecule has 4 nitrogen and oxygen atoms in total. The van der Waals surface area contributed by atoms with Gasteiger partial charge in [-0.3, -0.25) is 0 Å². The Bertz CT molecular complexity index is 537. The highest BCUT2D eigenvalue weighted by atomic mass is 15.2. The van der Waals surface area contributed by atoms with Gasteiger partial charge in [-0.2, -0.15) is 0 Å². The van der Waals surface area contributed by atoms with E-state index < -0.39 is 0 Å². The molecular formula is C18H28N4. The molecule has 0 radical (unpaired) electrons. The van der Waals surface area contributed by atoms with Gasteiger partial charge in [-0.05, 0) is 50.8 Å². The van der Waals surface area contributed by atoms with E-state index in [-0.39, 0.29) is 0 Å².